The van der Waals surface area contributed by atoms with Crippen molar-refractivity contribution in [2.24, 2.45) is 0 Å². The van der Waals surface area contributed by atoms with E-state index >= 15 is 0 Å². The van der Waals surface area contributed by atoms with Crippen LogP contribution in [0.3, 0.4) is 0 Å². The summed E-state index contributed by atoms with van der Waals surface area (Å²) >= 11 is 6.16. The maximum Gasteiger partial charge on any atom is 0.125 e. The van der Waals surface area contributed by atoms with Gasteiger partial charge in [-0.25, -0.2) is 9.97 Å². The second kappa shape index (κ2) is 5.30. The van der Waals surface area contributed by atoms with Crippen LogP contribution in [-0.2, 0) is 6.42 Å². The number of rotatable bonds is 4. The molecule has 0 aliphatic heterocycles. The molecule has 2 nitrogen and oxygen atoms in total. The SMILES string of the molecule is CCCC(Cl)Cc1cc(C)nc(C)n1. The first-order chi connectivity index (χ1) is 6.61. The molecule has 1 heterocycles. The van der Waals surface area contributed by atoms with E-state index in [2.05, 4.69) is 16.9 Å². The average molecular weight is 213 g/mol. The Bertz CT molecular complexity index is 279. The van der Waals surface area contributed by atoms with Crippen LogP contribution in [0.4, 0.5) is 0 Å². The minimum Gasteiger partial charge on any atom is -0.239 e. The van der Waals surface area contributed by atoms with Gasteiger partial charge in [0.1, 0.15) is 5.82 Å². The van der Waals surface area contributed by atoms with Crippen molar-refractivity contribution in [3.05, 3.63) is 23.3 Å². The molecule has 78 valence electrons. The lowest BCUT2D eigenvalue weighted by Gasteiger charge is -2.08. The second-order valence-corrected chi connectivity index (χ2v) is 4.26. The zero-order chi connectivity index (χ0) is 10.6. The van der Waals surface area contributed by atoms with Gasteiger partial charge in [-0.1, -0.05) is 13.3 Å². The summed E-state index contributed by atoms with van der Waals surface area (Å²) in [6.07, 6.45) is 3.01. The summed E-state index contributed by atoms with van der Waals surface area (Å²) in [5, 5.41) is 0.202. The third-order valence-corrected chi connectivity index (χ3v) is 2.42. The average Bonchev–Trinajstić information content (AvgIpc) is 2.01. The number of halogens is 1. The molecular weight excluding hydrogens is 196 g/mol. The molecular formula is C11H17ClN2. The van der Waals surface area contributed by atoms with E-state index in [4.69, 9.17) is 11.6 Å². The lowest BCUT2D eigenvalue weighted by atomic mass is 10.1. The third-order valence-electron chi connectivity index (χ3n) is 2.05. The summed E-state index contributed by atoms with van der Waals surface area (Å²) in [6, 6.07) is 2.01. The van der Waals surface area contributed by atoms with Crippen molar-refractivity contribution in [1.29, 1.82) is 0 Å². The van der Waals surface area contributed by atoms with Crippen molar-refractivity contribution in [3.8, 4) is 0 Å². The Morgan fingerprint density at radius 1 is 1.36 bits per heavy atom. The van der Waals surface area contributed by atoms with Crippen LogP contribution in [0.15, 0.2) is 6.07 Å². The molecule has 0 N–H and O–H groups in total. The van der Waals surface area contributed by atoms with Gasteiger partial charge in [0, 0.05) is 23.2 Å². The van der Waals surface area contributed by atoms with Gasteiger partial charge in [0.05, 0.1) is 0 Å². The molecule has 14 heavy (non-hydrogen) atoms. The van der Waals surface area contributed by atoms with E-state index in [0.717, 1.165) is 36.5 Å². The lowest BCUT2D eigenvalue weighted by Crippen LogP contribution is -2.06. The largest absolute Gasteiger partial charge is 0.239 e. The number of alkyl halides is 1. The Kier molecular flexibility index (Phi) is 4.33. The molecule has 0 aliphatic rings. The van der Waals surface area contributed by atoms with E-state index in [9.17, 15) is 0 Å². The van der Waals surface area contributed by atoms with Gasteiger partial charge in [-0.05, 0) is 26.3 Å². The van der Waals surface area contributed by atoms with E-state index in [-0.39, 0.29) is 5.38 Å². The Morgan fingerprint density at radius 3 is 2.64 bits per heavy atom. The Morgan fingerprint density at radius 2 is 2.07 bits per heavy atom. The Hall–Kier alpha value is -0.630. The number of aromatic nitrogens is 2. The third kappa shape index (κ3) is 3.62. The predicted molar refractivity (Wildman–Crippen MR) is 59.8 cm³/mol. The molecule has 0 saturated carbocycles. The molecule has 3 heteroatoms. The van der Waals surface area contributed by atoms with Crippen molar-refractivity contribution in [3.63, 3.8) is 0 Å². The maximum absolute atomic E-state index is 6.16. The molecule has 0 radical (unpaired) electrons. The minimum absolute atomic E-state index is 0.202. The van der Waals surface area contributed by atoms with Gasteiger partial charge < -0.3 is 0 Å². The minimum atomic E-state index is 0.202. The first-order valence-electron chi connectivity index (χ1n) is 5.07. The van der Waals surface area contributed by atoms with Crippen LogP contribution in [0, 0.1) is 13.8 Å². The second-order valence-electron chi connectivity index (χ2n) is 3.64. The maximum atomic E-state index is 6.16. The highest BCUT2D eigenvalue weighted by Crippen LogP contribution is 2.12. The fourth-order valence-corrected chi connectivity index (χ4v) is 1.92. The summed E-state index contributed by atoms with van der Waals surface area (Å²) in [5.74, 6) is 0.834. The van der Waals surface area contributed by atoms with Gasteiger partial charge >= 0.3 is 0 Å². The summed E-state index contributed by atoms with van der Waals surface area (Å²) in [5.41, 5.74) is 2.08. The molecule has 0 aliphatic carbocycles. The zero-order valence-corrected chi connectivity index (χ0v) is 9.80. The van der Waals surface area contributed by atoms with E-state index in [1.807, 2.05) is 19.9 Å². The van der Waals surface area contributed by atoms with Crippen LogP contribution >= 0.6 is 11.6 Å². The standard InChI is InChI=1S/C11H17ClN2/c1-4-5-10(12)7-11-6-8(2)13-9(3)14-11/h6,10H,4-5,7H2,1-3H3. The van der Waals surface area contributed by atoms with Crippen molar-refractivity contribution in [2.75, 3.05) is 0 Å². The fourth-order valence-electron chi connectivity index (χ4n) is 1.54. The smallest absolute Gasteiger partial charge is 0.125 e. The predicted octanol–water partition coefficient (Wildman–Crippen LogP) is 3.04. The lowest BCUT2D eigenvalue weighted by molar-refractivity contribution is 0.711. The molecule has 1 unspecified atom stereocenters. The van der Waals surface area contributed by atoms with Crippen molar-refractivity contribution in [1.82, 2.24) is 9.97 Å². The van der Waals surface area contributed by atoms with E-state index in [0.29, 0.717) is 0 Å². The zero-order valence-electron chi connectivity index (χ0n) is 9.05. The molecule has 0 fully saturated rings. The number of hydrogen-bond donors (Lipinski definition) is 0. The summed E-state index contributed by atoms with van der Waals surface area (Å²) in [7, 11) is 0. The molecule has 0 aromatic carbocycles. The first kappa shape index (κ1) is 11.4. The van der Waals surface area contributed by atoms with Crippen LogP contribution in [0.2, 0.25) is 0 Å². The molecule has 1 atom stereocenters. The van der Waals surface area contributed by atoms with Gasteiger partial charge in [-0.15, -0.1) is 11.6 Å². The van der Waals surface area contributed by atoms with Crippen LogP contribution in [0.1, 0.15) is 37.0 Å². The molecule has 0 saturated heterocycles. The number of nitrogens with zero attached hydrogens (tertiary/aromatic N) is 2. The highest BCUT2D eigenvalue weighted by atomic mass is 35.5. The number of hydrogen-bond acceptors (Lipinski definition) is 2. The molecule has 0 amide bonds. The molecule has 1 aromatic rings. The normalized spacial score (nSPS) is 12.9. The van der Waals surface area contributed by atoms with E-state index in [1.165, 1.54) is 0 Å². The van der Waals surface area contributed by atoms with Gasteiger partial charge in [-0.3, -0.25) is 0 Å². The highest BCUT2D eigenvalue weighted by Gasteiger charge is 2.06. The van der Waals surface area contributed by atoms with Crippen molar-refractivity contribution < 1.29 is 0 Å². The number of aryl methyl sites for hydroxylation is 2. The van der Waals surface area contributed by atoms with Crippen LogP contribution < -0.4 is 0 Å². The van der Waals surface area contributed by atoms with E-state index in [1.54, 1.807) is 0 Å². The monoisotopic (exact) mass is 212 g/mol. The Labute approximate surface area is 90.7 Å². The highest BCUT2D eigenvalue weighted by molar-refractivity contribution is 6.20. The van der Waals surface area contributed by atoms with Gasteiger partial charge in [-0.2, -0.15) is 0 Å². The quantitative estimate of drug-likeness (QED) is 0.717. The van der Waals surface area contributed by atoms with Crippen LogP contribution in [0.25, 0.3) is 0 Å². The fraction of sp³-hybridized carbons (Fsp3) is 0.636. The molecule has 0 bridgehead atoms. The molecule has 1 aromatic heterocycles. The molecule has 1 rings (SSSR count). The first-order valence-corrected chi connectivity index (χ1v) is 5.50. The molecule has 0 spiro atoms. The summed E-state index contributed by atoms with van der Waals surface area (Å²) in [4.78, 5) is 8.59. The summed E-state index contributed by atoms with van der Waals surface area (Å²) in [6.45, 7) is 6.05. The van der Waals surface area contributed by atoms with E-state index < -0.39 is 0 Å². The van der Waals surface area contributed by atoms with Crippen molar-refractivity contribution >= 4 is 11.6 Å². The summed E-state index contributed by atoms with van der Waals surface area (Å²) < 4.78 is 0. The van der Waals surface area contributed by atoms with Crippen LogP contribution in [0.5, 0.6) is 0 Å². The van der Waals surface area contributed by atoms with Gasteiger partial charge in [0.15, 0.2) is 0 Å². The Balaban J connectivity index is 2.66. The van der Waals surface area contributed by atoms with Crippen LogP contribution in [-0.4, -0.2) is 15.3 Å². The van der Waals surface area contributed by atoms with Gasteiger partial charge in [0.2, 0.25) is 0 Å². The topological polar surface area (TPSA) is 25.8 Å². The van der Waals surface area contributed by atoms with Crippen molar-refractivity contribution in [2.45, 2.75) is 45.4 Å². The van der Waals surface area contributed by atoms with Gasteiger partial charge in [0.25, 0.3) is 0 Å².